The fraction of sp³-hybridized carbons (Fsp3) is 0. The lowest BCUT2D eigenvalue weighted by molar-refractivity contribution is 0.475. The number of rotatable bonds is 1. The fourth-order valence-electron chi connectivity index (χ4n) is 1.16. The molecule has 0 saturated heterocycles. The third-order valence-electron chi connectivity index (χ3n) is 1.85. The Kier molecular flexibility index (Phi) is 2.07. The number of phenolic OH excluding ortho intramolecular Hbond substituents is 1. The van der Waals surface area contributed by atoms with Gasteiger partial charge >= 0.3 is 0 Å². The topological polar surface area (TPSA) is 50.4 Å². The van der Waals surface area contributed by atoms with Crippen molar-refractivity contribution in [1.29, 1.82) is 0 Å². The van der Waals surface area contributed by atoms with Crippen molar-refractivity contribution in [2.45, 2.75) is 0 Å². The Hall–Kier alpha value is -2.03. The standard InChI is InChI=1S/C11H8O3/c12-9-3-1-8(2-4-9)11-7-10(13)5-6-14-11/h1-7,12H. The predicted octanol–water partition coefficient (Wildman–Crippen LogP) is 2.01. The van der Waals surface area contributed by atoms with E-state index >= 15 is 0 Å². The number of benzene rings is 1. The molecule has 0 spiro atoms. The summed E-state index contributed by atoms with van der Waals surface area (Å²) in [5.74, 6) is 0.685. The third-order valence-corrected chi connectivity index (χ3v) is 1.85. The van der Waals surface area contributed by atoms with Crippen LogP contribution in [0.5, 0.6) is 5.75 Å². The Morgan fingerprint density at radius 1 is 1.07 bits per heavy atom. The van der Waals surface area contributed by atoms with Crippen molar-refractivity contribution in [3.63, 3.8) is 0 Å². The third kappa shape index (κ3) is 1.66. The molecular weight excluding hydrogens is 180 g/mol. The highest BCUT2D eigenvalue weighted by molar-refractivity contribution is 5.57. The fourth-order valence-corrected chi connectivity index (χ4v) is 1.16. The molecular formula is C11H8O3. The average molecular weight is 188 g/mol. The van der Waals surface area contributed by atoms with Crippen molar-refractivity contribution in [3.05, 3.63) is 52.9 Å². The first-order valence-electron chi connectivity index (χ1n) is 4.14. The minimum absolute atomic E-state index is 0.0978. The molecule has 0 radical (unpaired) electrons. The molecule has 1 heterocycles. The van der Waals surface area contributed by atoms with Crippen LogP contribution < -0.4 is 5.43 Å². The van der Waals surface area contributed by atoms with E-state index in [-0.39, 0.29) is 11.2 Å². The van der Waals surface area contributed by atoms with Gasteiger partial charge in [-0.05, 0) is 24.3 Å². The lowest BCUT2D eigenvalue weighted by atomic mass is 10.1. The molecule has 1 aromatic heterocycles. The zero-order valence-corrected chi connectivity index (χ0v) is 7.31. The maximum Gasteiger partial charge on any atom is 0.185 e. The number of aromatic hydroxyl groups is 1. The SMILES string of the molecule is O=c1ccoc(-c2ccc(O)cc2)c1. The molecule has 70 valence electrons. The van der Waals surface area contributed by atoms with Crippen LogP contribution in [0.4, 0.5) is 0 Å². The van der Waals surface area contributed by atoms with E-state index in [0.717, 1.165) is 5.56 Å². The van der Waals surface area contributed by atoms with Gasteiger partial charge in [0.1, 0.15) is 11.5 Å². The van der Waals surface area contributed by atoms with Crippen molar-refractivity contribution >= 4 is 0 Å². The molecule has 14 heavy (non-hydrogen) atoms. The van der Waals surface area contributed by atoms with Crippen LogP contribution in [0.25, 0.3) is 11.3 Å². The molecule has 0 aliphatic carbocycles. The van der Waals surface area contributed by atoms with Crippen molar-refractivity contribution in [2.24, 2.45) is 0 Å². The molecule has 0 amide bonds. The molecule has 3 nitrogen and oxygen atoms in total. The van der Waals surface area contributed by atoms with Crippen LogP contribution in [0.15, 0.2) is 51.9 Å². The quantitative estimate of drug-likeness (QED) is 0.744. The molecule has 1 N–H and O–H groups in total. The van der Waals surface area contributed by atoms with E-state index in [4.69, 9.17) is 9.52 Å². The van der Waals surface area contributed by atoms with Gasteiger partial charge in [-0.25, -0.2) is 0 Å². The Bertz CT molecular complexity index is 482. The van der Waals surface area contributed by atoms with Gasteiger partial charge in [-0.15, -0.1) is 0 Å². The van der Waals surface area contributed by atoms with Crippen molar-refractivity contribution in [2.75, 3.05) is 0 Å². The van der Waals surface area contributed by atoms with E-state index in [1.54, 1.807) is 24.3 Å². The maximum absolute atomic E-state index is 11.0. The maximum atomic E-state index is 11.0. The van der Waals surface area contributed by atoms with E-state index in [9.17, 15) is 4.79 Å². The lowest BCUT2D eigenvalue weighted by Gasteiger charge is -1.98. The van der Waals surface area contributed by atoms with E-state index < -0.39 is 0 Å². The second-order valence-electron chi connectivity index (χ2n) is 2.88. The highest BCUT2D eigenvalue weighted by Crippen LogP contribution is 2.19. The zero-order chi connectivity index (χ0) is 9.97. The smallest absolute Gasteiger partial charge is 0.185 e. The Morgan fingerprint density at radius 3 is 2.43 bits per heavy atom. The van der Waals surface area contributed by atoms with E-state index in [2.05, 4.69) is 0 Å². The van der Waals surface area contributed by atoms with Gasteiger partial charge in [0.15, 0.2) is 5.43 Å². The highest BCUT2D eigenvalue weighted by atomic mass is 16.3. The molecule has 1 aromatic carbocycles. The van der Waals surface area contributed by atoms with Gasteiger partial charge < -0.3 is 9.52 Å². The van der Waals surface area contributed by atoms with Gasteiger partial charge in [0.25, 0.3) is 0 Å². The normalized spacial score (nSPS) is 10.0. The summed E-state index contributed by atoms with van der Waals surface area (Å²) >= 11 is 0. The average Bonchev–Trinajstić information content (AvgIpc) is 2.19. The van der Waals surface area contributed by atoms with Gasteiger partial charge in [-0.2, -0.15) is 0 Å². The van der Waals surface area contributed by atoms with E-state index in [1.165, 1.54) is 18.4 Å². The van der Waals surface area contributed by atoms with Crippen LogP contribution in [0.2, 0.25) is 0 Å². The minimum Gasteiger partial charge on any atom is -0.508 e. The first kappa shape index (κ1) is 8.56. The van der Waals surface area contributed by atoms with Crippen molar-refractivity contribution in [1.82, 2.24) is 0 Å². The monoisotopic (exact) mass is 188 g/mol. The minimum atomic E-state index is -0.0978. The van der Waals surface area contributed by atoms with Gasteiger partial charge in [-0.1, -0.05) is 0 Å². The van der Waals surface area contributed by atoms with E-state index in [1.807, 2.05) is 0 Å². The largest absolute Gasteiger partial charge is 0.508 e. The van der Waals surface area contributed by atoms with Gasteiger partial charge in [0, 0.05) is 17.7 Å². The molecule has 2 aromatic rings. The molecule has 0 bridgehead atoms. The van der Waals surface area contributed by atoms with Crippen LogP contribution >= 0.6 is 0 Å². The van der Waals surface area contributed by atoms with Gasteiger partial charge in [0.05, 0.1) is 6.26 Å². The predicted molar refractivity (Wildman–Crippen MR) is 52.1 cm³/mol. The molecule has 3 heteroatoms. The summed E-state index contributed by atoms with van der Waals surface area (Å²) in [6.07, 6.45) is 1.35. The molecule has 2 rings (SSSR count). The van der Waals surface area contributed by atoms with Crippen LogP contribution in [0.3, 0.4) is 0 Å². The number of hydrogen-bond acceptors (Lipinski definition) is 3. The van der Waals surface area contributed by atoms with Crippen LogP contribution in [-0.4, -0.2) is 5.11 Å². The molecule has 0 aliphatic rings. The van der Waals surface area contributed by atoms with Crippen molar-refractivity contribution < 1.29 is 9.52 Å². The molecule has 0 fully saturated rings. The Labute approximate surface area is 80.2 Å². The molecule has 0 unspecified atom stereocenters. The number of phenols is 1. The summed E-state index contributed by atoms with van der Waals surface area (Å²) < 4.78 is 5.15. The second-order valence-corrected chi connectivity index (χ2v) is 2.88. The summed E-state index contributed by atoms with van der Waals surface area (Å²) in [5, 5.41) is 9.07. The first-order chi connectivity index (χ1) is 6.75. The summed E-state index contributed by atoms with van der Waals surface area (Å²) in [6, 6.07) is 9.22. The first-order valence-corrected chi connectivity index (χ1v) is 4.14. The lowest BCUT2D eigenvalue weighted by Crippen LogP contribution is -1.94. The zero-order valence-electron chi connectivity index (χ0n) is 7.31. The Balaban J connectivity index is 2.50. The molecule has 0 aliphatic heterocycles. The van der Waals surface area contributed by atoms with Crippen LogP contribution in [0.1, 0.15) is 0 Å². The van der Waals surface area contributed by atoms with Crippen LogP contribution in [0, 0.1) is 0 Å². The summed E-state index contributed by atoms with van der Waals surface area (Å²) in [7, 11) is 0. The van der Waals surface area contributed by atoms with Crippen molar-refractivity contribution in [3.8, 4) is 17.1 Å². The van der Waals surface area contributed by atoms with Gasteiger partial charge in [-0.3, -0.25) is 4.79 Å². The second kappa shape index (κ2) is 3.38. The highest BCUT2D eigenvalue weighted by Gasteiger charge is 1.99. The van der Waals surface area contributed by atoms with Crippen LogP contribution in [-0.2, 0) is 0 Å². The molecule has 0 atom stereocenters. The van der Waals surface area contributed by atoms with Gasteiger partial charge in [0.2, 0.25) is 0 Å². The number of hydrogen-bond donors (Lipinski definition) is 1. The summed E-state index contributed by atoms with van der Waals surface area (Å²) in [4.78, 5) is 11.0. The molecule has 0 saturated carbocycles. The summed E-state index contributed by atoms with van der Waals surface area (Å²) in [5.41, 5.74) is 0.667. The summed E-state index contributed by atoms with van der Waals surface area (Å²) in [6.45, 7) is 0. The Morgan fingerprint density at radius 2 is 1.79 bits per heavy atom. The van der Waals surface area contributed by atoms with E-state index in [0.29, 0.717) is 5.76 Å².